The Morgan fingerprint density at radius 3 is 2.61 bits per heavy atom. The fraction of sp³-hybridized carbons (Fsp3) is 0.240. The van der Waals surface area contributed by atoms with Gasteiger partial charge < -0.3 is 4.90 Å². The lowest BCUT2D eigenvalue weighted by Gasteiger charge is -2.20. The lowest BCUT2D eigenvalue weighted by molar-refractivity contribution is -0.369. The SMILES string of the molecule is O=C(/C=C/c1ccc(S(=O)(=O)C(F)(F)F)cc1)N1C=CC2=C[N+](C(=O)C3=C[C@H]4NNNC4CC3)=CC2=CC1. The molecule has 1 unspecified atom stereocenters. The van der Waals surface area contributed by atoms with Crippen molar-refractivity contribution in [2.45, 2.75) is 35.3 Å². The third-order valence-electron chi connectivity index (χ3n) is 6.57. The zero-order valence-corrected chi connectivity index (χ0v) is 20.6. The Bertz CT molecular complexity index is 1470. The molecule has 1 saturated heterocycles. The molecule has 0 radical (unpaired) electrons. The van der Waals surface area contributed by atoms with Crippen LogP contribution in [-0.4, -0.2) is 60.1 Å². The molecule has 0 spiro atoms. The molecule has 3 heterocycles. The van der Waals surface area contributed by atoms with Crippen LogP contribution in [0.1, 0.15) is 18.4 Å². The molecular formula is C25H23F3N5O4S+. The highest BCUT2D eigenvalue weighted by molar-refractivity contribution is 7.92. The number of rotatable bonds is 4. The highest BCUT2D eigenvalue weighted by Crippen LogP contribution is 2.30. The minimum Gasteiger partial charge on any atom is -0.312 e. The molecule has 2 amide bonds. The van der Waals surface area contributed by atoms with Gasteiger partial charge in [0.2, 0.25) is 0 Å². The van der Waals surface area contributed by atoms with Crippen LogP contribution in [-0.2, 0) is 19.4 Å². The molecule has 5 rings (SSSR count). The number of hydrogen-bond donors (Lipinski definition) is 3. The van der Waals surface area contributed by atoms with Crippen molar-refractivity contribution in [2.24, 2.45) is 0 Å². The molecule has 0 aromatic heterocycles. The van der Waals surface area contributed by atoms with Gasteiger partial charge in [0.15, 0.2) is 12.4 Å². The third kappa shape index (κ3) is 5.05. The van der Waals surface area contributed by atoms with Crippen molar-refractivity contribution in [3.8, 4) is 0 Å². The van der Waals surface area contributed by atoms with Crippen LogP contribution in [0.25, 0.3) is 6.08 Å². The topological polar surface area (TPSA) is 111 Å². The van der Waals surface area contributed by atoms with Crippen molar-refractivity contribution in [1.29, 1.82) is 0 Å². The van der Waals surface area contributed by atoms with Gasteiger partial charge in [-0.1, -0.05) is 24.3 Å². The molecule has 9 nitrogen and oxygen atoms in total. The van der Waals surface area contributed by atoms with E-state index < -0.39 is 20.2 Å². The second-order valence-electron chi connectivity index (χ2n) is 9.02. The number of amides is 2. The van der Waals surface area contributed by atoms with Crippen LogP contribution in [0.4, 0.5) is 13.2 Å². The van der Waals surface area contributed by atoms with Crippen molar-refractivity contribution in [3.05, 3.63) is 83.3 Å². The summed E-state index contributed by atoms with van der Waals surface area (Å²) in [6, 6.07) is 4.36. The van der Waals surface area contributed by atoms with Gasteiger partial charge in [0.25, 0.3) is 15.7 Å². The second kappa shape index (κ2) is 9.91. The number of hydrazine groups is 2. The van der Waals surface area contributed by atoms with Crippen molar-refractivity contribution < 1.29 is 35.8 Å². The summed E-state index contributed by atoms with van der Waals surface area (Å²) >= 11 is 0. The van der Waals surface area contributed by atoms with Crippen molar-refractivity contribution in [3.63, 3.8) is 0 Å². The van der Waals surface area contributed by atoms with Gasteiger partial charge in [-0.15, -0.1) is 4.58 Å². The maximum Gasteiger partial charge on any atom is 0.501 e. The number of nitrogens with zero attached hydrogens (tertiary/aromatic N) is 2. The van der Waals surface area contributed by atoms with Gasteiger partial charge in [-0.3, -0.25) is 4.79 Å². The maximum atomic E-state index is 13.0. The van der Waals surface area contributed by atoms with Gasteiger partial charge in [0, 0.05) is 30.4 Å². The van der Waals surface area contributed by atoms with E-state index >= 15 is 0 Å². The minimum atomic E-state index is -5.43. The molecule has 0 bridgehead atoms. The first-order chi connectivity index (χ1) is 18.0. The first-order valence-electron chi connectivity index (χ1n) is 11.7. The predicted octanol–water partition coefficient (Wildman–Crippen LogP) is 1.85. The van der Waals surface area contributed by atoms with Gasteiger partial charge >= 0.3 is 11.4 Å². The molecule has 13 heteroatoms. The second-order valence-corrected chi connectivity index (χ2v) is 11.0. The summed E-state index contributed by atoms with van der Waals surface area (Å²) in [5.74, 6) is -0.483. The number of hydrogen-bond acceptors (Lipinski definition) is 7. The number of fused-ring (bicyclic) bond motifs is 2. The Hall–Kier alpha value is -3.65. The van der Waals surface area contributed by atoms with Gasteiger partial charge in [0.1, 0.15) is 0 Å². The van der Waals surface area contributed by atoms with Crippen molar-refractivity contribution in [1.82, 2.24) is 21.3 Å². The molecule has 4 aliphatic rings. The Morgan fingerprint density at radius 1 is 1.11 bits per heavy atom. The Balaban J connectivity index is 1.23. The van der Waals surface area contributed by atoms with E-state index in [4.69, 9.17) is 0 Å². The zero-order valence-electron chi connectivity index (χ0n) is 19.8. The predicted molar refractivity (Wildman–Crippen MR) is 131 cm³/mol. The van der Waals surface area contributed by atoms with E-state index in [9.17, 15) is 31.2 Å². The van der Waals surface area contributed by atoms with Crippen LogP contribution in [0.5, 0.6) is 0 Å². The fourth-order valence-corrected chi connectivity index (χ4v) is 5.19. The number of alkyl halides is 3. The normalized spacial score (nSPS) is 23.3. The van der Waals surface area contributed by atoms with Gasteiger partial charge in [-0.25, -0.2) is 24.1 Å². The van der Waals surface area contributed by atoms with Crippen molar-refractivity contribution >= 4 is 33.9 Å². The van der Waals surface area contributed by atoms with Gasteiger partial charge in [-0.2, -0.15) is 18.7 Å². The average molecular weight is 547 g/mol. The summed E-state index contributed by atoms with van der Waals surface area (Å²) in [4.78, 5) is 26.3. The first kappa shape index (κ1) is 26.0. The summed E-state index contributed by atoms with van der Waals surface area (Å²) in [7, 11) is -5.43. The van der Waals surface area contributed by atoms with Crippen LogP contribution in [0.15, 0.2) is 82.6 Å². The summed E-state index contributed by atoms with van der Waals surface area (Å²) in [6.07, 6.45) is 14.6. The van der Waals surface area contributed by atoms with Gasteiger partial charge in [-0.05, 0) is 42.7 Å². The molecule has 2 atom stereocenters. The smallest absolute Gasteiger partial charge is 0.312 e. The molecule has 3 aliphatic heterocycles. The standard InChI is InChI=1S/C25H23F3N5O4S/c26-25(27,28)38(36,37)20-5-1-16(2-6-20)3-8-23(34)32-11-9-18-14-33(15-19(18)10-12-32)24(35)17-4-7-21-22(13-17)30-31-29-21/h1-3,5-6,8-11,13-15,21-22,29-31H,4,7,12H2/q+1/b8-3+/t21?,22-/m1/s1. The Labute approximate surface area is 216 Å². The van der Waals surface area contributed by atoms with Crippen LogP contribution < -0.4 is 16.4 Å². The average Bonchev–Trinajstić information content (AvgIpc) is 3.48. The quantitative estimate of drug-likeness (QED) is 0.391. The largest absolute Gasteiger partial charge is 0.501 e. The van der Waals surface area contributed by atoms with Crippen LogP contribution >= 0.6 is 0 Å². The number of allylic oxidation sites excluding steroid dienone is 3. The van der Waals surface area contributed by atoms with E-state index in [0.29, 0.717) is 12.0 Å². The molecular weight excluding hydrogens is 523 g/mol. The van der Waals surface area contributed by atoms with Crippen LogP contribution in [0, 0.1) is 0 Å². The van der Waals surface area contributed by atoms with Crippen LogP contribution in [0.3, 0.4) is 0 Å². The van der Waals surface area contributed by atoms with E-state index in [1.165, 1.54) is 29.2 Å². The number of sulfone groups is 1. The number of carbonyl (C=O) groups is 2. The molecule has 1 aromatic rings. The summed E-state index contributed by atoms with van der Waals surface area (Å²) in [5, 5.41) is 0. The monoisotopic (exact) mass is 546 g/mol. The van der Waals surface area contributed by atoms with E-state index in [-0.39, 0.29) is 30.4 Å². The Morgan fingerprint density at radius 2 is 1.87 bits per heavy atom. The first-order valence-corrected chi connectivity index (χ1v) is 13.2. The molecule has 0 saturated carbocycles. The molecule has 3 N–H and O–H groups in total. The van der Waals surface area contributed by atoms with E-state index in [1.807, 2.05) is 12.2 Å². The minimum absolute atomic E-state index is 0.0426. The molecule has 1 fully saturated rings. The maximum absolute atomic E-state index is 13.0. The summed E-state index contributed by atoms with van der Waals surface area (Å²) in [6.45, 7) is 0.237. The number of nitrogens with one attached hydrogen (secondary N) is 3. The lowest BCUT2D eigenvalue weighted by atomic mass is 9.92. The fourth-order valence-electron chi connectivity index (χ4n) is 4.43. The van der Waals surface area contributed by atoms with Crippen LogP contribution in [0.2, 0.25) is 0 Å². The highest BCUT2D eigenvalue weighted by Gasteiger charge is 2.46. The Kier molecular flexibility index (Phi) is 6.77. The lowest BCUT2D eigenvalue weighted by Crippen LogP contribution is -2.36. The third-order valence-corrected chi connectivity index (χ3v) is 8.07. The van der Waals surface area contributed by atoms with E-state index in [0.717, 1.165) is 35.3 Å². The molecule has 1 aliphatic carbocycles. The number of carbonyl (C=O) groups excluding carboxylic acids is 2. The molecule has 38 heavy (non-hydrogen) atoms. The number of halogens is 3. The van der Waals surface area contributed by atoms with E-state index in [1.54, 1.807) is 29.3 Å². The zero-order chi connectivity index (χ0) is 27.1. The number of benzene rings is 1. The van der Waals surface area contributed by atoms with E-state index in [2.05, 4.69) is 16.4 Å². The van der Waals surface area contributed by atoms with Gasteiger partial charge in [0.05, 0.1) is 22.1 Å². The summed E-state index contributed by atoms with van der Waals surface area (Å²) in [5.41, 5.74) is 6.35. The highest BCUT2D eigenvalue weighted by atomic mass is 32.2. The van der Waals surface area contributed by atoms with Crippen molar-refractivity contribution in [2.75, 3.05) is 6.54 Å². The molecule has 1 aromatic carbocycles. The summed E-state index contributed by atoms with van der Waals surface area (Å²) < 4.78 is 62.6. The molecule has 198 valence electrons.